The predicted octanol–water partition coefficient (Wildman–Crippen LogP) is 4.57. The summed E-state index contributed by atoms with van der Waals surface area (Å²) >= 11 is 0. The highest BCUT2D eigenvalue weighted by Gasteiger charge is 2.14. The van der Waals surface area contributed by atoms with Crippen LogP contribution in [0.4, 0.5) is 5.82 Å². The van der Waals surface area contributed by atoms with Crippen molar-refractivity contribution in [1.82, 2.24) is 9.88 Å². The van der Waals surface area contributed by atoms with Crippen LogP contribution in [-0.2, 0) is 6.54 Å². The first-order valence-electron chi connectivity index (χ1n) is 9.40. The van der Waals surface area contributed by atoms with E-state index in [0.717, 1.165) is 47.2 Å². The number of benzene rings is 2. The van der Waals surface area contributed by atoms with Gasteiger partial charge in [-0.1, -0.05) is 37.1 Å². The maximum atomic E-state index is 10.4. The van der Waals surface area contributed by atoms with Gasteiger partial charge in [0, 0.05) is 17.5 Å². The Kier molecular flexibility index (Phi) is 4.76. The van der Waals surface area contributed by atoms with Gasteiger partial charge in [-0.25, -0.2) is 4.98 Å². The average molecular weight is 347 g/mol. The van der Waals surface area contributed by atoms with Gasteiger partial charge in [-0.05, 0) is 61.3 Å². The number of nitrogen functional groups attached to an aromatic ring is 1. The lowest BCUT2D eigenvalue weighted by molar-refractivity contribution is 0.273. The van der Waals surface area contributed by atoms with Gasteiger partial charge in [0.25, 0.3) is 0 Å². The van der Waals surface area contributed by atoms with E-state index < -0.39 is 0 Å². The quantitative estimate of drug-likeness (QED) is 0.729. The van der Waals surface area contributed by atoms with Crippen molar-refractivity contribution in [2.45, 2.75) is 32.2 Å². The van der Waals surface area contributed by atoms with Crippen molar-refractivity contribution in [3.63, 3.8) is 0 Å². The number of anilines is 1. The van der Waals surface area contributed by atoms with E-state index >= 15 is 0 Å². The van der Waals surface area contributed by atoms with Gasteiger partial charge in [-0.2, -0.15) is 0 Å². The molecule has 1 aromatic heterocycles. The molecule has 3 aromatic rings. The van der Waals surface area contributed by atoms with Crippen LogP contribution in [0.1, 0.15) is 31.2 Å². The molecule has 0 saturated carbocycles. The van der Waals surface area contributed by atoms with E-state index in [-0.39, 0.29) is 0 Å². The topological polar surface area (TPSA) is 62.4 Å². The first kappa shape index (κ1) is 16.9. The van der Waals surface area contributed by atoms with Crippen molar-refractivity contribution >= 4 is 16.7 Å². The number of phenolic OH excluding ortho intramolecular Hbond substituents is 1. The average Bonchev–Trinajstić information content (AvgIpc) is 2.91. The van der Waals surface area contributed by atoms with Gasteiger partial charge in [0.1, 0.15) is 11.6 Å². The Morgan fingerprint density at radius 2 is 1.73 bits per heavy atom. The highest BCUT2D eigenvalue weighted by atomic mass is 16.3. The number of rotatable bonds is 3. The number of phenols is 1. The third-order valence-electron chi connectivity index (χ3n) is 5.22. The molecule has 0 unspecified atom stereocenters. The molecule has 1 aliphatic heterocycles. The zero-order valence-electron chi connectivity index (χ0n) is 15.0. The fourth-order valence-corrected chi connectivity index (χ4v) is 3.85. The SMILES string of the molecule is Nc1cc(-c2ccc(O)c(CN3CCCCCC3)c2)c2ccccc2n1. The molecule has 4 rings (SSSR count). The summed E-state index contributed by atoms with van der Waals surface area (Å²) in [5.41, 5.74) is 10.0. The molecule has 2 heterocycles. The second-order valence-electron chi connectivity index (χ2n) is 7.15. The summed E-state index contributed by atoms with van der Waals surface area (Å²) in [6.45, 7) is 3.00. The number of hydrogen-bond donors (Lipinski definition) is 2. The molecule has 0 spiro atoms. The van der Waals surface area contributed by atoms with E-state index in [4.69, 9.17) is 5.73 Å². The molecule has 2 aromatic carbocycles. The number of aromatic nitrogens is 1. The second kappa shape index (κ2) is 7.34. The van der Waals surface area contributed by atoms with Crippen LogP contribution < -0.4 is 5.73 Å². The van der Waals surface area contributed by atoms with Crippen LogP contribution >= 0.6 is 0 Å². The molecule has 134 valence electrons. The van der Waals surface area contributed by atoms with Gasteiger partial charge in [0.2, 0.25) is 0 Å². The van der Waals surface area contributed by atoms with E-state index in [1.54, 1.807) is 6.07 Å². The molecular formula is C22H25N3O. The van der Waals surface area contributed by atoms with Gasteiger partial charge in [-0.3, -0.25) is 4.90 Å². The summed E-state index contributed by atoms with van der Waals surface area (Å²) in [5, 5.41) is 11.5. The van der Waals surface area contributed by atoms with Crippen molar-refractivity contribution in [1.29, 1.82) is 0 Å². The van der Waals surface area contributed by atoms with Crippen LogP contribution in [0.15, 0.2) is 48.5 Å². The van der Waals surface area contributed by atoms with Crippen LogP contribution in [-0.4, -0.2) is 28.1 Å². The van der Waals surface area contributed by atoms with Gasteiger partial charge >= 0.3 is 0 Å². The molecule has 1 aliphatic rings. The Morgan fingerprint density at radius 1 is 0.962 bits per heavy atom. The van der Waals surface area contributed by atoms with E-state index in [1.807, 2.05) is 30.3 Å². The molecule has 1 fully saturated rings. The van der Waals surface area contributed by atoms with Gasteiger partial charge in [-0.15, -0.1) is 0 Å². The summed E-state index contributed by atoms with van der Waals surface area (Å²) in [5.74, 6) is 0.880. The summed E-state index contributed by atoms with van der Waals surface area (Å²) in [6, 6.07) is 15.8. The van der Waals surface area contributed by atoms with Gasteiger partial charge < -0.3 is 10.8 Å². The molecule has 26 heavy (non-hydrogen) atoms. The van der Waals surface area contributed by atoms with Crippen molar-refractivity contribution in [3.05, 3.63) is 54.1 Å². The number of para-hydroxylation sites is 1. The minimum Gasteiger partial charge on any atom is -0.508 e. The first-order chi connectivity index (χ1) is 12.7. The molecule has 4 nitrogen and oxygen atoms in total. The lowest BCUT2D eigenvalue weighted by Gasteiger charge is -2.21. The van der Waals surface area contributed by atoms with Gasteiger partial charge in [0.05, 0.1) is 5.52 Å². The van der Waals surface area contributed by atoms with Crippen molar-refractivity contribution in [2.24, 2.45) is 0 Å². The summed E-state index contributed by atoms with van der Waals surface area (Å²) < 4.78 is 0. The van der Waals surface area contributed by atoms with Crippen molar-refractivity contribution in [2.75, 3.05) is 18.8 Å². The number of likely N-dealkylation sites (tertiary alicyclic amines) is 1. The fraction of sp³-hybridized carbons (Fsp3) is 0.318. The van der Waals surface area contributed by atoms with E-state index in [9.17, 15) is 5.11 Å². The van der Waals surface area contributed by atoms with Crippen molar-refractivity contribution < 1.29 is 5.11 Å². The number of fused-ring (bicyclic) bond motifs is 1. The molecular weight excluding hydrogens is 322 g/mol. The Morgan fingerprint density at radius 3 is 2.54 bits per heavy atom. The summed E-state index contributed by atoms with van der Waals surface area (Å²) in [4.78, 5) is 6.88. The largest absolute Gasteiger partial charge is 0.508 e. The van der Waals surface area contributed by atoms with Crippen LogP contribution in [0.25, 0.3) is 22.0 Å². The number of nitrogens with two attached hydrogens (primary N) is 1. The monoisotopic (exact) mass is 347 g/mol. The van der Waals surface area contributed by atoms with Gasteiger partial charge in [0.15, 0.2) is 0 Å². The smallest absolute Gasteiger partial charge is 0.124 e. The zero-order chi connectivity index (χ0) is 17.9. The Bertz CT molecular complexity index is 914. The van der Waals surface area contributed by atoms with Crippen LogP contribution in [0.5, 0.6) is 5.75 Å². The molecule has 0 radical (unpaired) electrons. The lowest BCUT2D eigenvalue weighted by atomic mass is 9.98. The van der Waals surface area contributed by atoms with E-state index in [1.165, 1.54) is 25.7 Å². The number of hydrogen-bond acceptors (Lipinski definition) is 4. The predicted molar refractivity (Wildman–Crippen MR) is 107 cm³/mol. The Labute approximate surface area is 154 Å². The van der Waals surface area contributed by atoms with Crippen LogP contribution in [0.3, 0.4) is 0 Å². The zero-order valence-corrected chi connectivity index (χ0v) is 15.0. The molecule has 4 heteroatoms. The number of aromatic hydroxyl groups is 1. The molecule has 0 atom stereocenters. The third-order valence-corrected chi connectivity index (χ3v) is 5.22. The molecule has 0 aliphatic carbocycles. The highest BCUT2D eigenvalue weighted by Crippen LogP contribution is 2.32. The lowest BCUT2D eigenvalue weighted by Crippen LogP contribution is -2.24. The van der Waals surface area contributed by atoms with E-state index in [2.05, 4.69) is 22.0 Å². The Hall–Kier alpha value is -2.59. The Balaban J connectivity index is 1.72. The fourth-order valence-electron chi connectivity index (χ4n) is 3.85. The molecule has 0 bridgehead atoms. The molecule has 1 saturated heterocycles. The molecule has 3 N–H and O–H groups in total. The minimum absolute atomic E-state index is 0.365. The molecule has 0 amide bonds. The standard InChI is InChI=1S/C22H25N3O/c23-22-14-19(18-7-3-4-8-20(18)24-22)16-9-10-21(26)17(13-16)15-25-11-5-1-2-6-12-25/h3-4,7-10,13-14,26H,1-2,5-6,11-12,15H2,(H2,23,24). The number of nitrogens with zero attached hydrogens (tertiary/aromatic N) is 2. The summed E-state index contributed by atoms with van der Waals surface area (Å²) in [6.07, 6.45) is 5.10. The first-order valence-corrected chi connectivity index (χ1v) is 9.40. The van der Waals surface area contributed by atoms with Crippen LogP contribution in [0, 0.1) is 0 Å². The maximum absolute atomic E-state index is 10.4. The van der Waals surface area contributed by atoms with Crippen molar-refractivity contribution in [3.8, 4) is 16.9 Å². The normalized spacial score (nSPS) is 15.8. The second-order valence-corrected chi connectivity index (χ2v) is 7.15. The number of pyridine rings is 1. The minimum atomic E-state index is 0.365. The summed E-state index contributed by atoms with van der Waals surface area (Å²) in [7, 11) is 0. The van der Waals surface area contributed by atoms with Crippen LogP contribution in [0.2, 0.25) is 0 Å². The van der Waals surface area contributed by atoms with E-state index in [0.29, 0.717) is 11.6 Å². The maximum Gasteiger partial charge on any atom is 0.124 e. The highest BCUT2D eigenvalue weighted by molar-refractivity contribution is 5.96. The third kappa shape index (κ3) is 3.51.